The summed E-state index contributed by atoms with van der Waals surface area (Å²) in [6.07, 6.45) is -0.666. The van der Waals surface area contributed by atoms with Gasteiger partial charge in [0.25, 0.3) is 0 Å². The highest BCUT2D eigenvalue weighted by atomic mass is 79.9. The maximum atomic E-state index is 14.0. The Balaban J connectivity index is 2.23. The molecule has 1 N–H and O–H groups in total. The quantitative estimate of drug-likeness (QED) is 0.885. The second-order valence-corrected chi connectivity index (χ2v) is 5.42. The molecule has 0 aliphatic rings. The van der Waals surface area contributed by atoms with Crippen LogP contribution in [0.2, 0.25) is 0 Å². The summed E-state index contributed by atoms with van der Waals surface area (Å²) >= 11 is 3.42. The molecule has 2 aromatic rings. The van der Waals surface area contributed by atoms with E-state index >= 15 is 0 Å². The summed E-state index contributed by atoms with van der Waals surface area (Å²) < 4.78 is 24.9. The highest BCUT2D eigenvalue weighted by molar-refractivity contribution is 9.10. The van der Waals surface area contributed by atoms with Crippen molar-refractivity contribution in [3.63, 3.8) is 0 Å². The molecule has 1 atom stereocenters. The number of benzene rings is 2. The van der Waals surface area contributed by atoms with Crippen LogP contribution in [-0.4, -0.2) is 19.3 Å². The number of hydrogen-bond donors (Lipinski definition) is 1. The summed E-state index contributed by atoms with van der Waals surface area (Å²) in [5, 5.41) is 10.3. The van der Waals surface area contributed by atoms with Gasteiger partial charge in [0.05, 0.1) is 20.3 Å². The standard InChI is InChI=1S/C16H16BrFO3/c1-20-11-4-6-14(17)10(7-11)8-16(19)13-5-3-12(21-2)9-15(13)18/h3-7,9,16,19H,8H2,1-2H3. The number of rotatable bonds is 5. The number of methoxy groups -OCH3 is 2. The minimum atomic E-state index is -0.945. The molecule has 0 spiro atoms. The van der Waals surface area contributed by atoms with Crippen molar-refractivity contribution in [2.24, 2.45) is 0 Å². The predicted octanol–water partition coefficient (Wildman–Crippen LogP) is 3.88. The van der Waals surface area contributed by atoms with Crippen LogP contribution >= 0.6 is 15.9 Å². The van der Waals surface area contributed by atoms with Gasteiger partial charge in [-0.2, -0.15) is 0 Å². The predicted molar refractivity (Wildman–Crippen MR) is 82.3 cm³/mol. The molecule has 0 aliphatic heterocycles. The van der Waals surface area contributed by atoms with Gasteiger partial charge >= 0.3 is 0 Å². The lowest BCUT2D eigenvalue weighted by atomic mass is 10.0. The fourth-order valence-electron chi connectivity index (χ4n) is 2.06. The SMILES string of the molecule is COc1ccc(C(O)Cc2cc(OC)ccc2Br)c(F)c1. The zero-order valence-electron chi connectivity index (χ0n) is 11.8. The first-order valence-electron chi connectivity index (χ1n) is 6.39. The van der Waals surface area contributed by atoms with Crippen LogP contribution in [0.15, 0.2) is 40.9 Å². The lowest BCUT2D eigenvalue weighted by Gasteiger charge is -2.14. The second-order valence-electron chi connectivity index (χ2n) is 4.56. The Labute approximate surface area is 131 Å². The van der Waals surface area contributed by atoms with E-state index in [9.17, 15) is 9.50 Å². The van der Waals surface area contributed by atoms with Crippen molar-refractivity contribution in [1.29, 1.82) is 0 Å². The Kier molecular flexibility index (Phi) is 5.20. The van der Waals surface area contributed by atoms with Gasteiger partial charge < -0.3 is 14.6 Å². The molecule has 0 aromatic heterocycles. The molecule has 112 valence electrons. The van der Waals surface area contributed by atoms with E-state index in [1.165, 1.54) is 19.2 Å². The number of aliphatic hydroxyl groups is 1. The summed E-state index contributed by atoms with van der Waals surface area (Å²) in [7, 11) is 3.05. The van der Waals surface area contributed by atoms with E-state index in [-0.39, 0.29) is 12.0 Å². The van der Waals surface area contributed by atoms with Crippen molar-refractivity contribution in [2.45, 2.75) is 12.5 Å². The minimum absolute atomic E-state index is 0.241. The molecular weight excluding hydrogens is 339 g/mol. The van der Waals surface area contributed by atoms with Crippen LogP contribution in [0.1, 0.15) is 17.2 Å². The van der Waals surface area contributed by atoms with E-state index in [0.717, 1.165) is 10.0 Å². The molecule has 0 saturated heterocycles. The van der Waals surface area contributed by atoms with E-state index < -0.39 is 11.9 Å². The molecule has 3 nitrogen and oxygen atoms in total. The van der Waals surface area contributed by atoms with E-state index in [1.807, 2.05) is 18.2 Å². The third kappa shape index (κ3) is 3.74. The van der Waals surface area contributed by atoms with Crippen molar-refractivity contribution < 1.29 is 19.0 Å². The average molecular weight is 355 g/mol. The van der Waals surface area contributed by atoms with Crippen LogP contribution in [0, 0.1) is 5.82 Å². The van der Waals surface area contributed by atoms with E-state index in [4.69, 9.17) is 9.47 Å². The van der Waals surface area contributed by atoms with Gasteiger partial charge in [-0.1, -0.05) is 15.9 Å². The Morgan fingerprint density at radius 1 is 1.10 bits per heavy atom. The molecule has 0 bridgehead atoms. The Hall–Kier alpha value is -1.59. The van der Waals surface area contributed by atoms with Gasteiger partial charge in [0.2, 0.25) is 0 Å². The average Bonchev–Trinajstić information content (AvgIpc) is 2.49. The first-order chi connectivity index (χ1) is 10.0. The maximum Gasteiger partial charge on any atom is 0.132 e. The van der Waals surface area contributed by atoms with Gasteiger partial charge in [-0.3, -0.25) is 0 Å². The first-order valence-corrected chi connectivity index (χ1v) is 7.18. The van der Waals surface area contributed by atoms with Gasteiger partial charge in [0.15, 0.2) is 0 Å². The fraction of sp³-hybridized carbons (Fsp3) is 0.250. The maximum absolute atomic E-state index is 14.0. The Morgan fingerprint density at radius 2 is 1.71 bits per heavy atom. The van der Waals surface area contributed by atoms with Crippen LogP contribution in [0.5, 0.6) is 11.5 Å². The summed E-state index contributed by atoms with van der Waals surface area (Å²) in [6.45, 7) is 0. The smallest absolute Gasteiger partial charge is 0.132 e. The second kappa shape index (κ2) is 6.91. The molecule has 2 rings (SSSR count). The van der Waals surface area contributed by atoms with Crippen molar-refractivity contribution in [3.8, 4) is 11.5 Å². The highest BCUT2D eigenvalue weighted by Gasteiger charge is 2.16. The Morgan fingerprint density at radius 3 is 2.33 bits per heavy atom. The van der Waals surface area contributed by atoms with E-state index in [1.54, 1.807) is 13.2 Å². The van der Waals surface area contributed by atoms with Gasteiger partial charge in [-0.05, 0) is 35.9 Å². The van der Waals surface area contributed by atoms with Crippen molar-refractivity contribution in [3.05, 3.63) is 57.8 Å². The van der Waals surface area contributed by atoms with Crippen LogP contribution in [0.3, 0.4) is 0 Å². The molecule has 0 heterocycles. The summed E-state index contributed by atoms with van der Waals surface area (Å²) in [6, 6.07) is 9.89. The molecule has 1 unspecified atom stereocenters. The molecule has 0 saturated carbocycles. The molecule has 5 heteroatoms. The van der Waals surface area contributed by atoms with Gasteiger partial charge in [0, 0.05) is 22.5 Å². The molecular formula is C16H16BrFO3. The number of ether oxygens (including phenoxy) is 2. The van der Waals surface area contributed by atoms with E-state index in [2.05, 4.69) is 15.9 Å². The highest BCUT2D eigenvalue weighted by Crippen LogP contribution is 2.29. The molecule has 2 aromatic carbocycles. The largest absolute Gasteiger partial charge is 0.497 e. The van der Waals surface area contributed by atoms with Crippen LogP contribution in [-0.2, 0) is 6.42 Å². The first kappa shape index (κ1) is 15.8. The van der Waals surface area contributed by atoms with Gasteiger partial charge in [-0.15, -0.1) is 0 Å². The molecule has 0 radical (unpaired) electrons. The van der Waals surface area contributed by atoms with Crippen LogP contribution < -0.4 is 9.47 Å². The zero-order valence-corrected chi connectivity index (χ0v) is 13.4. The monoisotopic (exact) mass is 354 g/mol. The lowest BCUT2D eigenvalue weighted by molar-refractivity contribution is 0.173. The van der Waals surface area contributed by atoms with Crippen molar-refractivity contribution >= 4 is 15.9 Å². The lowest BCUT2D eigenvalue weighted by Crippen LogP contribution is -2.05. The van der Waals surface area contributed by atoms with Gasteiger partial charge in [0.1, 0.15) is 17.3 Å². The normalized spacial score (nSPS) is 12.0. The number of hydrogen-bond acceptors (Lipinski definition) is 3. The minimum Gasteiger partial charge on any atom is -0.497 e. The fourth-order valence-corrected chi connectivity index (χ4v) is 2.47. The molecule has 21 heavy (non-hydrogen) atoms. The van der Waals surface area contributed by atoms with Crippen molar-refractivity contribution in [1.82, 2.24) is 0 Å². The summed E-state index contributed by atoms with van der Waals surface area (Å²) in [5.41, 5.74) is 1.09. The van der Waals surface area contributed by atoms with Crippen LogP contribution in [0.4, 0.5) is 4.39 Å². The number of aliphatic hydroxyl groups excluding tert-OH is 1. The van der Waals surface area contributed by atoms with Gasteiger partial charge in [-0.25, -0.2) is 4.39 Å². The summed E-state index contributed by atoms with van der Waals surface area (Å²) in [4.78, 5) is 0. The third-order valence-corrected chi connectivity index (χ3v) is 4.01. The van der Waals surface area contributed by atoms with Crippen LogP contribution in [0.25, 0.3) is 0 Å². The third-order valence-electron chi connectivity index (χ3n) is 3.23. The molecule has 0 amide bonds. The number of halogens is 2. The zero-order chi connectivity index (χ0) is 15.4. The molecule has 0 fully saturated rings. The molecule has 0 aliphatic carbocycles. The van der Waals surface area contributed by atoms with Crippen molar-refractivity contribution in [2.75, 3.05) is 14.2 Å². The summed E-state index contributed by atoms with van der Waals surface area (Å²) in [5.74, 6) is 0.627. The van der Waals surface area contributed by atoms with E-state index in [0.29, 0.717) is 11.5 Å². The Bertz CT molecular complexity index is 631. The topological polar surface area (TPSA) is 38.7 Å².